The van der Waals surface area contributed by atoms with Gasteiger partial charge in [-0.1, -0.05) is 83.3 Å². The molecule has 4 aromatic rings. The van der Waals surface area contributed by atoms with E-state index in [4.69, 9.17) is 39.5 Å². The van der Waals surface area contributed by atoms with E-state index < -0.39 is 0 Å². The maximum atomic E-state index is 6.30. The average Bonchev–Trinajstić information content (AvgIpc) is 2.77. The van der Waals surface area contributed by atoms with Gasteiger partial charge in [0.05, 0.1) is 0 Å². The summed E-state index contributed by atoms with van der Waals surface area (Å²) in [5.74, 6) is 0.871. The third-order valence-corrected chi connectivity index (χ3v) is 5.99. The Hall–Kier alpha value is -2.23. The lowest BCUT2D eigenvalue weighted by Gasteiger charge is -2.15. The summed E-state index contributed by atoms with van der Waals surface area (Å²) in [6, 6.07) is 25.9. The molecular formula is C26H22Cl3NO. The first-order valence-corrected chi connectivity index (χ1v) is 11.3. The van der Waals surface area contributed by atoms with Crippen LogP contribution in [-0.4, -0.2) is 6.54 Å². The van der Waals surface area contributed by atoms with Gasteiger partial charge in [0.1, 0.15) is 12.4 Å². The van der Waals surface area contributed by atoms with Crippen molar-refractivity contribution < 1.29 is 4.74 Å². The average molecular weight is 471 g/mol. The number of fused-ring (bicyclic) bond motifs is 1. The van der Waals surface area contributed by atoms with Gasteiger partial charge in [0.2, 0.25) is 0 Å². The normalized spacial score (nSPS) is 11.1. The van der Waals surface area contributed by atoms with Crippen molar-refractivity contribution in [3.8, 4) is 5.75 Å². The van der Waals surface area contributed by atoms with Crippen LogP contribution in [0.15, 0.2) is 78.9 Å². The summed E-state index contributed by atoms with van der Waals surface area (Å²) in [6.07, 6.45) is 0.819. The van der Waals surface area contributed by atoms with Crippen LogP contribution in [0.25, 0.3) is 10.8 Å². The molecule has 1 N–H and O–H groups in total. The number of ether oxygens (including phenoxy) is 1. The van der Waals surface area contributed by atoms with Gasteiger partial charge in [-0.2, -0.15) is 0 Å². The molecule has 31 heavy (non-hydrogen) atoms. The summed E-state index contributed by atoms with van der Waals surface area (Å²) < 4.78 is 6.20. The van der Waals surface area contributed by atoms with E-state index in [2.05, 4.69) is 35.6 Å². The molecule has 4 rings (SSSR count). The van der Waals surface area contributed by atoms with Crippen molar-refractivity contribution in [3.63, 3.8) is 0 Å². The first-order valence-electron chi connectivity index (χ1n) is 10.1. The van der Waals surface area contributed by atoms with Gasteiger partial charge in [-0.3, -0.25) is 0 Å². The molecule has 0 radical (unpaired) electrons. The Kier molecular flexibility index (Phi) is 7.37. The zero-order valence-corrected chi connectivity index (χ0v) is 19.1. The summed E-state index contributed by atoms with van der Waals surface area (Å²) >= 11 is 18.4. The second-order valence-corrected chi connectivity index (χ2v) is 8.62. The molecule has 0 bridgehead atoms. The van der Waals surface area contributed by atoms with E-state index >= 15 is 0 Å². The Morgan fingerprint density at radius 3 is 2.45 bits per heavy atom. The van der Waals surface area contributed by atoms with Crippen LogP contribution in [0, 0.1) is 0 Å². The topological polar surface area (TPSA) is 21.3 Å². The fourth-order valence-corrected chi connectivity index (χ4v) is 4.30. The van der Waals surface area contributed by atoms with Gasteiger partial charge in [-0.15, -0.1) is 0 Å². The predicted molar refractivity (Wildman–Crippen MR) is 132 cm³/mol. The highest BCUT2D eigenvalue weighted by Gasteiger charge is 2.10. The Labute approximate surface area is 197 Å². The third kappa shape index (κ3) is 5.72. The second kappa shape index (κ2) is 10.4. The molecular weight excluding hydrogens is 449 g/mol. The molecule has 0 amide bonds. The fraction of sp³-hybridized carbons (Fsp3) is 0.154. The zero-order valence-electron chi connectivity index (χ0n) is 16.9. The van der Waals surface area contributed by atoms with Gasteiger partial charge in [0.15, 0.2) is 0 Å². The van der Waals surface area contributed by atoms with E-state index in [-0.39, 0.29) is 0 Å². The molecule has 5 heteroatoms. The summed E-state index contributed by atoms with van der Waals surface area (Å²) in [4.78, 5) is 0. The van der Waals surface area contributed by atoms with E-state index in [1.165, 1.54) is 10.8 Å². The molecule has 0 saturated heterocycles. The Morgan fingerprint density at radius 2 is 1.61 bits per heavy atom. The summed E-state index contributed by atoms with van der Waals surface area (Å²) in [7, 11) is 0. The van der Waals surface area contributed by atoms with E-state index in [1.807, 2.05) is 42.5 Å². The molecule has 0 saturated carbocycles. The van der Waals surface area contributed by atoms with Gasteiger partial charge in [-0.05, 0) is 65.2 Å². The molecule has 0 aliphatic rings. The molecule has 2 nitrogen and oxygen atoms in total. The lowest BCUT2D eigenvalue weighted by atomic mass is 10.0. The Morgan fingerprint density at radius 1 is 0.774 bits per heavy atom. The second-order valence-electron chi connectivity index (χ2n) is 7.34. The SMILES string of the molecule is Clc1cccc(COc2ccc3ccccc3c2CNCCc2ccc(Cl)cc2Cl)c1. The molecule has 0 heterocycles. The largest absolute Gasteiger partial charge is 0.489 e. The number of hydrogen-bond donors (Lipinski definition) is 1. The van der Waals surface area contributed by atoms with Crippen LogP contribution in [-0.2, 0) is 19.6 Å². The highest BCUT2D eigenvalue weighted by molar-refractivity contribution is 6.35. The molecule has 0 fully saturated rings. The van der Waals surface area contributed by atoms with Crippen molar-refractivity contribution in [1.29, 1.82) is 0 Å². The first-order chi connectivity index (χ1) is 15.1. The maximum absolute atomic E-state index is 6.30. The first kappa shape index (κ1) is 22.0. The van der Waals surface area contributed by atoms with Crippen molar-refractivity contribution in [1.82, 2.24) is 5.32 Å². The summed E-state index contributed by atoms with van der Waals surface area (Å²) in [5, 5.41) is 7.97. The molecule has 0 aliphatic heterocycles. The molecule has 0 unspecified atom stereocenters. The number of rotatable bonds is 8. The lowest BCUT2D eigenvalue weighted by molar-refractivity contribution is 0.303. The minimum absolute atomic E-state index is 0.465. The van der Waals surface area contributed by atoms with Crippen LogP contribution in [0.1, 0.15) is 16.7 Å². The van der Waals surface area contributed by atoms with Crippen LogP contribution in [0.4, 0.5) is 0 Å². The van der Waals surface area contributed by atoms with Crippen LogP contribution in [0.3, 0.4) is 0 Å². The molecule has 0 aromatic heterocycles. The predicted octanol–water partition coefficient (Wildman–Crippen LogP) is 7.71. The third-order valence-electron chi connectivity index (χ3n) is 5.17. The zero-order chi connectivity index (χ0) is 21.6. The number of halogens is 3. The van der Waals surface area contributed by atoms with Crippen molar-refractivity contribution in [2.24, 2.45) is 0 Å². The van der Waals surface area contributed by atoms with Gasteiger partial charge in [0, 0.05) is 27.2 Å². The minimum Gasteiger partial charge on any atom is -0.489 e. The highest BCUT2D eigenvalue weighted by Crippen LogP contribution is 2.29. The van der Waals surface area contributed by atoms with E-state index in [0.717, 1.165) is 35.4 Å². The number of nitrogens with one attached hydrogen (secondary N) is 1. The van der Waals surface area contributed by atoms with E-state index in [0.29, 0.717) is 28.2 Å². The van der Waals surface area contributed by atoms with Gasteiger partial charge in [0.25, 0.3) is 0 Å². The van der Waals surface area contributed by atoms with Crippen LogP contribution >= 0.6 is 34.8 Å². The smallest absolute Gasteiger partial charge is 0.124 e. The van der Waals surface area contributed by atoms with Gasteiger partial charge < -0.3 is 10.1 Å². The fourth-order valence-electron chi connectivity index (χ4n) is 3.58. The standard InChI is InChI=1S/C26H22Cl3NO/c27-21-6-3-4-18(14-21)17-31-26-11-9-19-5-1-2-7-23(19)24(26)16-30-13-12-20-8-10-22(28)15-25(20)29/h1-11,14-15,30H,12-13,16-17H2. The Bertz CT molecular complexity index is 1190. The monoisotopic (exact) mass is 469 g/mol. The van der Waals surface area contributed by atoms with Crippen LogP contribution < -0.4 is 10.1 Å². The van der Waals surface area contributed by atoms with Crippen molar-refractivity contribution in [2.45, 2.75) is 19.6 Å². The van der Waals surface area contributed by atoms with E-state index in [1.54, 1.807) is 6.07 Å². The molecule has 0 aliphatic carbocycles. The van der Waals surface area contributed by atoms with Crippen molar-refractivity contribution in [2.75, 3.05) is 6.54 Å². The number of benzene rings is 4. The highest BCUT2D eigenvalue weighted by atomic mass is 35.5. The van der Waals surface area contributed by atoms with Crippen LogP contribution in [0.2, 0.25) is 15.1 Å². The summed E-state index contributed by atoms with van der Waals surface area (Å²) in [5.41, 5.74) is 3.26. The quantitative estimate of drug-likeness (QED) is 0.266. The summed E-state index contributed by atoms with van der Waals surface area (Å²) in [6.45, 7) is 1.95. The molecule has 4 aromatic carbocycles. The minimum atomic E-state index is 0.465. The van der Waals surface area contributed by atoms with Crippen molar-refractivity contribution >= 4 is 45.6 Å². The number of hydrogen-bond acceptors (Lipinski definition) is 2. The maximum Gasteiger partial charge on any atom is 0.124 e. The van der Waals surface area contributed by atoms with Crippen molar-refractivity contribution in [3.05, 3.63) is 111 Å². The van der Waals surface area contributed by atoms with E-state index in [9.17, 15) is 0 Å². The van der Waals surface area contributed by atoms with Gasteiger partial charge >= 0.3 is 0 Å². The van der Waals surface area contributed by atoms with Gasteiger partial charge in [-0.25, -0.2) is 0 Å². The Balaban J connectivity index is 1.48. The molecule has 0 spiro atoms. The molecule has 0 atom stereocenters. The van der Waals surface area contributed by atoms with Crippen LogP contribution in [0.5, 0.6) is 5.75 Å². The lowest BCUT2D eigenvalue weighted by Crippen LogP contribution is -2.17. The molecule has 158 valence electrons.